The largest absolute Gasteiger partial charge is 0.463 e. The number of rotatable bonds is 1. The Kier molecular flexibility index (Phi) is 4.54. The van der Waals surface area contributed by atoms with Gasteiger partial charge in [0.05, 0.1) is 16.5 Å². The number of aliphatic imine (C=N–C) groups is 1. The number of nitrogens with zero attached hydrogens (tertiary/aromatic N) is 4. The number of carbonyl (C=O) groups excluding carboxylic acids is 1. The average Bonchev–Trinajstić information content (AvgIpc) is 3.17. The smallest absolute Gasteiger partial charge is 0.283 e. The molecule has 0 unspecified atom stereocenters. The van der Waals surface area contributed by atoms with Crippen molar-refractivity contribution in [3.05, 3.63) is 51.9 Å². The molecule has 3 aliphatic rings. The molecule has 0 saturated carbocycles. The van der Waals surface area contributed by atoms with Crippen LogP contribution in [0.3, 0.4) is 0 Å². The molecule has 4 heterocycles. The molecule has 0 aliphatic carbocycles. The third-order valence-corrected chi connectivity index (χ3v) is 6.47. The number of likely N-dealkylation sites (tertiary alicyclic amines) is 1. The average molecular weight is 421 g/mol. The van der Waals surface area contributed by atoms with Crippen molar-refractivity contribution in [3.63, 3.8) is 0 Å². The van der Waals surface area contributed by atoms with E-state index in [9.17, 15) is 9.59 Å². The van der Waals surface area contributed by atoms with Gasteiger partial charge in [-0.1, -0.05) is 19.1 Å². The lowest BCUT2D eigenvalue weighted by atomic mass is 10.00. The van der Waals surface area contributed by atoms with Gasteiger partial charge in [0, 0.05) is 13.1 Å². The molecule has 152 valence electrons. The fraction of sp³-hybridized carbons (Fsp3) is 0.286. The number of amides is 1. The number of hydrogen-bond acceptors (Lipinski definition) is 7. The van der Waals surface area contributed by atoms with Crippen LogP contribution in [0.15, 0.2) is 55.4 Å². The number of hydrogen-bond donors (Lipinski definition) is 1. The number of fused-ring (bicyclic) bond motifs is 2. The molecule has 0 radical (unpaired) electrons. The van der Waals surface area contributed by atoms with Crippen LogP contribution in [0.4, 0.5) is 0 Å². The first-order valence-electron chi connectivity index (χ1n) is 9.77. The number of carbonyl (C=O) groups is 1. The first kappa shape index (κ1) is 18.8. The van der Waals surface area contributed by atoms with E-state index in [0.29, 0.717) is 22.1 Å². The quantitative estimate of drug-likeness (QED) is 0.710. The maximum absolute atomic E-state index is 12.8. The number of nitrogens with one attached hydrogen (secondary N) is 1. The van der Waals surface area contributed by atoms with Gasteiger partial charge in [-0.2, -0.15) is 10.0 Å². The van der Waals surface area contributed by atoms with Gasteiger partial charge >= 0.3 is 0 Å². The minimum Gasteiger partial charge on any atom is -0.463 e. The van der Waals surface area contributed by atoms with Crippen molar-refractivity contribution in [3.8, 4) is 0 Å². The highest BCUT2D eigenvalue weighted by atomic mass is 32.2. The Hall–Kier alpha value is -3.20. The summed E-state index contributed by atoms with van der Waals surface area (Å²) < 4.78 is 5.51. The number of thioether (sulfide) groups is 1. The number of amidine groups is 3. The molecule has 1 aromatic carbocycles. The number of hydrazone groups is 1. The van der Waals surface area contributed by atoms with Crippen LogP contribution in [0.2, 0.25) is 0 Å². The Morgan fingerprint density at radius 3 is 2.77 bits per heavy atom. The predicted octanol–water partition coefficient (Wildman–Crippen LogP) is 3.10. The predicted molar refractivity (Wildman–Crippen MR) is 117 cm³/mol. The van der Waals surface area contributed by atoms with Gasteiger partial charge in [0.1, 0.15) is 11.8 Å². The Bertz CT molecular complexity index is 1220. The summed E-state index contributed by atoms with van der Waals surface area (Å²) in [5, 5.41) is 16.0. The van der Waals surface area contributed by atoms with E-state index < -0.39 is 5.91 Å². The van der Waals surface area contributed by atoms with E-state index in [1.165, 1.54) is 29.1 Å². The number of benzene rings is 1. The molecule has 9 heteroatoms. The summed E-state index contributed by atoms with van der Waals surface area (Å²) in [5.41, 5.74) is 0.416. The van der Waals surface area contributed by atoms with E-state index in [2.05, 4.69) is 21.9 Å². The summed E-state index contributed by atoms with van der Waals surface area (Å²) in [7, 11) is 0. The maximum atomic E-state index is 12.8. The fourth-order valence-corrected chi connectivity index (χ4v) is 4.60. The molecule has 3 aliphatic heterocycles. The summed E-state index contributed by atoms with van der Waals surface area (Å²) in [6, 6.07) is 6.90. The van der Waals surface area contributed by atoms with Crippen LogP contribution < -0.4 is 5.43 Å². The third-order valence-electron chi connectivity index (χ3n) is 5.50. The zero-order valence-corrected chi connectivity index (χ0v) is 17.1. The number of para-hydroxylation sites is 1. The van der Waals surface area contributed by atoms with Gasteiger partial charge < -0.3 is 9.32 Å². The van der Waals surface area contributed by atoms with Crippen molar-refractivity contribution in [1.82, 2.24) is 9.91 Å². The molecule has 2 aromatic rings. The van der Waals surface area contributed by atoms with Gasteiger partial charge in [-0.3, -0.25) is 15.0 Å². The van der Waals surface area contributed by atoms with Gasteiger partial charge in [0.25, 0.3) is 5.91 Å². The second kappa shape index (κ2) is 7.24. The van der Waals surface area contributed by atoms with Crippen molar-refractivity contribution in [1.29, 1.82) is 5.41 Å². The second-order valence-electron chi connectivity index (χ2n) is 7.59. The van der Waals surface area contributed by atoms with Crippen molar-refractivity contribution >= 4 is 50.9 Å². The molecule has 1 amide bonds. The molecule has 30 heavy (non-hydrogen) atoms. The van der Waals surface area contributed by atoms with Crippen LogP contribution in [0.5, 0.6) is 0 Å². The highest BCUT2D eigenvalue weighted by Crippen LogP contribution is 2.31. The Balaban J connectivity index is 1.48. The lowest BCUT2D eigenvalue weighted by Crippen LogP contribution is -2.36. The summed E-state index contributed by atoms with van der Waals surface area (Å²) in [5.74, 6) is 0.0386. The van der Waals surface area contributed by atoms with Crippen molar-refractivity contribution in [2.24, 2.45) is 16.0 Å². The normalized spacial score (nSPS) is 21.3. The Morgan fingerprint density at radius 2 is 1.97 bits per heavy atom. The Labute approximate surface area is 176 Å². The third kappa shape index (κ3) is 3.15. The molecule has 1 N–H and O–H groups in total. The molecule has 0 spiro atoms. The molecule has 5 rings (SSSR count). The summed E-state index contributed by atoms with van der Waals surface area (Å²) in [4.78, 5) is 31.7. The summed E-state index contributed by atoms with van der Waals surface area (Å²) in [6.45, 7) is 4.04. The molecule has 1 fully saturated rings. The molecular weight excluding hydrogens is 402 g/mol. The fourth-order valence-electron chi connectivity index (χ4n) is 3.66. The van der Waals surface area contributed by atoms with E-state index in [4.69, 9.17) is 9.83 Å². The van der Waals surface area contributed by atoms with Gasteiger partial charge in [-0.25, -0.2) is 0 Å². The molecular formula is C21H19N5O3S. The zero-order chi connectivity index (χ0) is 20.8. The van der Waals surface area contributed by atoms with Crippen molar-refractivity contribution in [2.75, 3.05) is 13.1 Å². The van der Waals surface area contributed by atoms with E-state index in [1.807, 2.05) is 0 Å². The summed E-state index contributed by atoms with van der Waals surface area (Å²) >= 11 is 1.31. The molecule has 8 nitrogen and oxygen atoms in total. The van der Waals surface area contributed by atoms with E-state index in [-0.39, 0.29) is 22.4 Å². The van der Waals surface area contributed by atoms with Crippen LogP contribution in [0.25, 0.3) is 17.0 Å². The molecule has 0 atom stereocenters. The minimum atomic E-state index is -0.560. The molecule has 1 saturated heterocycles. The van der Waals surface area contributed by atoms with Crippen LogP contribution in [-0.2, 0) is 4.79 Å². The molecule has 1 aromatic heterocycles. The SMILES string of the molecule is CC1CCN(C2=NN3C(=N)C(=Cc4coc5ccccc5c4=O)C(=O)N=C3S2)CC1. The minimum absolute atomic E-state index is 0.0131. The van der Waals surface area contributed by atoms with Crippen LogP contribution >= 0.6 is 11.8 Å². The lowest BCUT2D eigenvalue weighted by Gasteiger charge is -2.30. The topological polar surface area (TPSA) is 102 Å². The zero-order valence-electron chi connectivity index (χ0n) is 16.3. The first-order chi connectivity index (χ1) is 14.5. The van der Waals surface area contributed by atoms with Crippen molar-refractivity contribution < 1.29 is 9.21 Å². The monoisotopic (exact) mass is 421 g/mol. The van der Waals surface area contributed by atoms with Gasteiger partial charge in [-0.05, 0) is 48.7 Å². The highest BCUT2D eigenvalue weighted by molar-refractivity contribution is 8.26. The van der Waals surface area contributed by atoms with Crippen LogP contribution in [0, 0.1) is 11.3 Å². The van der Waals surface area contributed by atoms with Gasteiger partial charge in [0.15, 0.2) is 16.4 Å². The Morgan fingerprint density at radius 1 is 1.20 bits per heavy atom. The van der Waals surface area contributed by atoms with E-state index >= 15 is 0 Å². The lowest BCUT2D eigenvalue weighted by molar-refractivity contribution is -0.114. The summed E-state index contributed by atoms with van der Waals surface area (Å²) in [6.07, 6.45) is 4.85. The highest BCUT2D eigenvalue weighted by Gasteiger charge is 2.37. The van der Waals surface area contributed by atoms with Gasteiger partial charge in [0.2, 0.25) is 5.17 Å². The van der Waals surface area contributed by atoms with E-state index in [1.54, 1.807) is 24.3 Å². The van der Waals surface area contributed by atoms with Crippen LogP contribution in [0.1, 0.15) is 25.3 Å². The first-order valence-corrected chi connectivity index (χ1v) is 10.6. The van der Waals surface area contributed by atoms with E-state index in [0.717, 1.165) is 31.1 Å². The van der Waals surface area contributed by atoms with Gasteiger partial charge in [-0.15, -0.1) is 5.10 Å². The van der Waals surface area contributed by atoms with Crippen LogP contribution in [-0.4, -0.2) is 45.1 Å². The van der Waals surface area contributed by atoms with Crippen molar-refractivity contribution in [2.45, 2.75) is 19.8 Å². The molecule has 0 bridgehead atoms. The maximum Gasteiger partial charge on any atom is 0.283 e. The second-order valence-corrected chi connectivity index (χ2v) is 8.52. The number of piperidine rings is 1. The standard InChI is InChI=1S/C21H19N5O3S/c1-12-6-8-25(9-7-12)21-24-26-18(22)15(19(28)23-20(26)30-21)10-13-11-29-16-5-3-2-4-14(16)17(13)27/h2-5,10-12,22H,6-9H2,1H3.